The van der Waals surface area contributed by atoms with Crippen LogP contribution in [0.1, 0.15) is 33.6 Å². The summed E-state index contributed by atoms with van der Waals surface area (Å²) in [4.78, 5) is 30.1. The Hall–Kier alpha value is -1.92. The largest absolute Gasteiger partial charge is 0.480 e. The van der Waals surface area contributed by atoms with E-state index in [4.69, 9.17) is 5.11 Å². The van der Waals surface area contributed by atoms with Crippen molar-refractivity contribution in [1.29, 1.82) is 0 Å². The lowest BCUT2D eigenvalue weighted by molar-refractivity contribution is -0.139. The van der Waals surface area contributed by atoms with Gasteiger partial charge in [0.15, 0.2) is 0 Å². The summed E-state index contributed by atoms with van der Waals surface area (Å²) >= 11 is 0. The van der Waals surface area contributed by atoms with Gasteiger partial charge >= 0.3 is 5.97 Å². The third-order valence-electron chi connectivity index (χ3n) is 5.32. The number of anilines is 1. The molecule has 1 unspecified atom stereocenters. The number of carbonyl (C=O) groups is 2. The van der Waals surface area contributed by atoms with Crippen LogP contribution < -0.4 is 4.90 Å². The summed E-state index contributed by atoms with van der Waals surface area (Å²) in [6, 6.07) is 9.88. The molecule has 1 saturated heterocycles. The van der Waals surface area contributed by atoms with Crippen LogP contribution in [0.2, 0.25) is 0 Å². The molecule has 6 heteroatoms. The zero-order chi connectivity index (χ0) is 19.1. The summed E-state index contributed by atoms with van der Waals surface area (Å²) in [5.41, 5.74) is 0.931. The first-order valence-corrected chi connectivity index (χ1v) is 9.54. The van der Waals surface area contributed by atoms with E-state index < -0.39 is 5.97 Å². The molecule has 1 aliphatic rings. The smallest absolute Gasteiger partial charge is 0.317 e. The number of carboxylic acids is 1. The normalized spacial score (nSPS) is 17.2. The Labute approximate surface area is 156 Å². The minimum atomic E-state index is -0.778. The molecule has 0 saturated carbocycles. The van der Waals surface area contributed by atoms with Crippen LogP contribution in [0.25, 0.3) is 0 Å². The molecule has 0 radical (unpaired) electrons. The SMILES string of the molecule is CCN(C(=O)C(C)N1CCC(N(CC)CC(=O)O)CC1)c1ccccc1. The molecule has 6 nitrogen and oxygen atoms in total. The Morgan fingerprint density at radius 1 is 1.15 bits per heavy atom. The van der Waals surface area contributed by atoms with Crippen LogP contribution in [0.5, 0.6) is 0 Å². The first-order chi connectivity index (χ1) is 12.5. The average Bonchev–Trinajstić information content (AvgIpc) is 2.67. The molecule has 1 atom stereocenters. The number of likely N-dealkylation sites (N-methyl/N-ethyl adjacent to an activating group) is 2. The van der Waals surface area contributed by atoms with Crippen molar-refractivity contribution in [3.8, 4) is 0 Å². The topological polar surface area (TPSA) is 64.1 Å². The van der Waals surface area contributed by atoms with Crippen molar-refractivity contribution in [2.75, 3.05) is 37.6 Å². The van der Waals surface area contributed by atoms with Gasteiger partial charge in [-0.3, -0.25) is 19.4 Å². The Balaban J connectivity index is 1.95. The van der Waals surface area contributed by atoms with E-state index in [1.165, 1.54) is 0 Å². The molecule has 1 amide bonds. The zero-order valence-corrected chi connectivity index (χ0v) is 16.1. The van der Waals surface area contributed by atoms with Crippen LogP contribution in [-0.4, -0.2) is 71.6 Å². The second kappa shape index (κ2) is 9.69. The second-order valence-corrected chi connectivity index (χ2v) is 6.82. The molecule has 1 heterocycles. The minimum absolute atomic E-state index is 0.0905. The van der Waals surface area contributed by atoms with Crippen molar-refractivity contribution in [2.45, 2.75) is 45.7 Å². The van der Waals surface area contributed by atoms with Crippen LogP contribution in [0.4, 0.5) is 5.69 Å². The Morgan fingerprint density at radius 3 is 2.27 bits per heavy atom. The summed E-state index contributed by atoms with van der Waals surface area (Å²) < 4.78 is 0. The van der Waals surface area contributed by atoms with Gasteiger partial charge in [-0.05, 0) is 45.4 Å². The standard InChI is InChI=1S/C20H31N3O3/c1-4-21(15-19(24)25)17-11-13-22(14-12-17)16(3)20(26)23(5-2)18-9-7-6-8-10-18/h6-10,16-17H,4-5,11-15H2,1-3H3,(H,24,25). The fourth-order valence-corrected chi connectivity index (χ4v) is 3.77. The van der Waals surface area contributed by atoms with Crippen LogP contribution in [0.15, 0.2) is 30.3 Å². The first-order valence-electron chi connectivity index (χ1n) is 9.54. The first kappa shape index (κ1) is 20.4. The molecule has 0 spiro atoms. The van der Waals surface area contributed by atoms with E-state index in [2.05, 4.69) is 4.90 Å². The molecule has 1 N–H and O–H groups in total. The highest BCUT2D eigenvalue weighted by Gasteiger charge is 2.31. The van der Waals surface area contributed by atoms with Crippen LogP contribution in [0, 0.1) is 0 Å². The summed E-state index contributed by atoms with van der Waals surface area (Å²) in [6.45, 7) is 9.08. The lowest BCUT2D eigenvalue weighted by atomic mass is 10.0. The number of hydrogen-bond acceptors (Lipinski definition) is 4. The molecule has 144 valence electrons. The van der Waals surface area contributed by atoms with Gasteiger partial charge in [-0.25, -0.2) is 0 Å². The van der Waals surface area contributed by atoms with Gasteiger partial charge in [0.1, 0.15) is 0 Å². The van der Waals surface area contributed by atoms with Gasteiger partial charge in [0.2, 0.25) is 5.91 Å². The maximum atomic E-state index is 13.0. The predicted octanol–water partition coefficient (Wildman–Crippen LogP) is 2.30. The number of rotatable bonds is 8. The van der Waals surface area contributed by atoms with E-state index in [1.807, 2.05) is 60.9 Å². The van der Waals surface area contributed by atoms with E-state index in [1.54, 1.807) is 0 Å². The number of carboxylic acid groups (broad SMARTS) is 1. The van der Waals surface area contributed by atoms with Crippen molar-refractivity contribution in [3.63, 3.8) is 0 Å². The monoisotopic (exact) mass is 361 g/mol. The van der Waals surface area contributed by atoms with Gasteiger partial charge in [-0.1, -0.05) is 25.1 Å². The van der Waals surface area contributed by atoms with Gasteiger partial charge in [0, 0.05) is 31.4 Å². The number of likely N-dealkylation sites (tertiary alicyclic amines) is 1. The molecule has 0 bridgehead atoms. The zero-order valence-electron chi connectivity index (χ0n) is 16.1. The number of amides is 1. The Bertz CT molecular complexity index is 585. The number of hydrogen-bond donors (Lipinski definition) is 1. The van der Waals surface area contributed by atoms with Gasteiger partial charge in [0.05, 0.1) is 12.6 Å². The summed E-state index contributed by atoms with van der Waals surface area (Å²) in [7, 11) is 0. The third kappa shape index (κ3) is 5.05. The average molecular weight is 361 g/mol. The molecule has 0 aliphatic carbocycles. The number of carbonyl (C=O) groups excluding carboxylic acids is 1. The van der Waals surface area contributed by atoms with Crippen LogP contribution >= 0.6 is 0 Å². The van der Waals surface area contributed by atoms with Crippen molar-refractivity contribution in [2.24, 2.45) is 0 Å². The summed E-state index contributed by atoms with van der Waals surface area (Å²) in [5.74, 6) is -0.658. The summed E-state index contributed by atoms with van der Waals surface area (Å²) in [5, 5.41) is 9.05. The van der Waals surface area contributed by atoms with E-state index in [0.29, 0.717) is 6.54 Å². The third-order valence-corrected chi connectivity index (χ3v) is 5.32. The van der Waals surface area contributed by atoms with Crippen molar-refractivity contribution in [1.82, 2.24) is 9.80 Å². The maximum absolute atomic E-state index is 13.0. The minimum Gasteiger partial charge on any atom is -0.480 e. The van der Waals surface area contributed by atoms with Gasteiger partial charge in [-0.15, -0.1) is 0 Å². The molecule has 1 fully saturated rings. The van der Waals surface area contributed by atoms with E-state index in [-0.39, 0.29) is 24.5 Å². The fraction of sp³-hybridized carbons (Fsp3) is 0.600. The van der Waals surface area contributed by atoms with Gasteiger partial charge < -0.3 is 10.0 Å². The molecule has 26 heavy (non-hydrogen) atoms. The van der Waals surface area contributed by atoms with Crippen molar-refractivity contribution < 1.29 is 14.7 Å². The van der Waals surface area contributed by atoms with Crippen LogP contribution in [-0.2, 0) is 9.59 Å². The summed E-state index contributed by atoms with van der Waals surface area (Å²) in [6.07, 6.45) is 1.80. The Morgan fingerprint density at radius 2 is 1.77 bits per heavy atom. The number of para-hydroxylation sites is 1. The highest BCUT2D eigenvalue weighted by Crippen LogP contribution is 2.21. The highest BCUT2D eigenvalue weighted by atomic mass is 16.4. The van der Waals surface area contributed by atoms with Crippen LogP contribution in [0.3, 0.4) is 0 Å². The van der Waals surface area contributed by atoms with Crippen molar-refractivity contribution >= 4 is 17.6 Å². The lowest BCUT2D eigenvalue weighted by Crippen LogP contribution is -2.53. The molecule has 1 aromatic carbocycles. The number of benzene rings is 1. The van der Waals surface area contributed by atoms with Gasteiger partial charge in [-0.2, -0.15) is 0 Å². The Kier molecular flexibility index (Phi) is 7.60. The molecular weight excluding hydrogens is 330 g/mol. The molecular formula is C20H31N3O3. The fourth-order valence-electron chi connectivity index (χ4n) is 3.77. The lowest BCUT2D eigenvalue weighted by Gasteiger charge is -2.40. The molecule has 1 aromatic rings. The second-order valence-electron chi connectivity index (χ2n) is 6.82. The predicted molar refractivity (Wildman–Crippen MR) is 103 cm³/mol. The van der Waals surface area contributed by atoms with Crippen molar-refractivity contribution in [3.05, 3.63) is 30.3 Å². The highest BCUT2D eigenvalue weighted by molar-refractivity contribution is 5.96. The maximum Gasteiger partial charge on any atom is 0.317 e. The molecule has 2 rings (SSSR count). The number of nitrogens with zero attached hydrogens (tertiary/aromatic N) is 3. The van der Waals surface area contributed by atoms with E-state index in [9.17, 15) is 9.59 Å². The van der Waals surface area contributed by atoms with E-state index >= 15 is 0 Å². The van der Waals surface area contributed by atoms with Gasteiger partial charge in [0.25, 0.3) is 0 Å². The number of piperidine rings is 1. The quantitative estimate of drug-likeness (QED) is 0.770. The molecule has 1 aliphatic heterocycles. The number of aliphatic carboxylic acids is 1. The van der Waals surface area contributed by atoms with E-state index in [0.717, 1.165) is 38.2 Å². The molecule has 0 aromatic heterocycles.